The van der Waals surface area contributed by atoms with Crippen molar-refractivity contribution in [2.45, 2.75) is 58.5 Å². The SMILES string of the molecule is CCNC(=NCC(C)N1CCCCC1C)NCCc1ccc(Cl)nc1.I. The molecule has 2 N–H and O–H groups in total. The van der Waals surface area contributed by atoms with Gasteiger partial charge in [0.25, 0.3) is 0 Å². The van der Waals surface area contributed by atoms with Gasteiger partial charge in [0.2, 0.25) is 0 Å². The Morgan fingerprint density at radius 3 is 2.85 bits per heavy atom. The molecule has 0 aliphatic carbocycles. The minimum atomic E-state index is 0. The van der Waals surface area contributed by atoms with Crippen LogP contribution in [-0.4, -0.2) is 54.1 Å². The third kappa shape index (κ3) is 7.96. The Kier molecular flexibility index (Phi) is 11.5. The van der Waals surface area contributed by atoms with Crippen molar-refractivity contribution in [1.29, 1.82) is 0 Å². The Morgan fingerprint density at radius 2 is 2.19 bits per heavy atom. The summed E-state index contributed by atoms with van der Waals surface area (Å²) < 4.78 is 0. The lowest BCUT2D eigenvalue weighted by Gasteiger charge is -2.37. The molecule has 0 amide bonds. The second-order valence-electron chi connectivity index (χ2n) is 6.82. The van der Waals surface area contributed by atoms with Crippen molar-refractivity contribution in [3.05, 3.63) is 29.0 Å². The normalized spacial score (nSPS) is 19.5. The molecule has 2 rings (SSSR count). The monoisotopic (exact) mass is 493 g/mol. The quantitative estimate of drug-likeness (QED) is 0.263. The summed E-state index contributed by atoms with van der Waals surface area (Å²) in [6, 6.07) is 5.00. The lowest BCUT2D eigenvalue weighted by Crippen LogP contribution is -2.45. The van der Waals surface area contributed by atoms with Gasteiger partial charge in [0.05, 0.1) is 6.54 Å². The van der Waals surface area contributed by atoms with Crippen LogP contribution in [0.15, 0.2) is 23.3 Å². The molecule has 1 aromatic heterocycles. The van der Waals surface area contributed by atoms with Gasteiger partial charge in [-0.05, 0) is 58.2 Å². The van der Waals surface area contributed by atoms with E-state index in [0.717, 1.165) is 32.0 Å². The number of nitrogens with one attached hydrogen (secondary N) is 2. The minimum Gasteiger partial charge on any atom is -0.357 e. The predicted molar refractivity (Wildman–Crippen MR) is 122 cm³/mol. The van der Waals surface area contributed by atoms with Gasteiger partial charge in [-0.1, -0.05) is 24.1 Å². The molecule has 7 heteroatoms. The highest BCUT2D eigenvalue weighted by molar-refractivity contribution is 14.0. The van der Waals surface area contributed by atoms with Crippen molar-refractivity contribution >= 4 is 41.5 Å². The maximum atomic E-state index is 5.82. The Bertz CT molecular complexity index is 537. The summed E-state index contributed by atoms with van der Waals surface area (Å²) in [4.78, 5) is 11.5. The van der Waals surface area contributed by atoms with Crippen LogP contribution in [0.2, 0.25) is 5.15 Å². The molecule has 0 saturated carbocycles. The molecule has 1 aliphatic heterocycles. The zero-order chi connectivity index (χ0) is 18.1. The minimum absolute atomic E-state index is 0. The van der Waals surface area contributed by atoms with E-state index in [1.165, 1.54) is 31.4 Å². The molecule has 2 heterocycles. The van der Waals surface area contributed by atoms with Crippen LogP contribution in [0.25, 0.3) is 0 Å². The van der Waals surface area contributed by atoms with E-state index >= 15 is 0 Å². The van der Waals surface area contributed by atoms with Crippen molar-refractivity contribution < 1.29 is 0 Å². The van der Waals surface area contributed by atoms with Gasteiger partial charge in [0, 0.05) is 31.4 Å². The Morgan fingerprint density at radius 1 is 1.38 bits per heavy atom. The second-order valence-corrected chi connectivity index (χ2v) is 7.20. The van der Waals surface area contributed by atoms with Gasteiger partial charge < -0.3 is 10.6 Å². The number of nitrogens with zero attached hydrogens (tertiary/aromatic N) is 3. The summed E-state index contributed by atoms with van der Waals surface area (Å²) >= 11 is 5.82. The zero-order valence-corrected chi connectivity index (χ0v) is 19.3. The van der Waals surface area contributed by atoms with Gasteiger partial charge in [-0.15, -0.1) is 24.0 Å². The van der Waals surface area contributed by atoms with E-state index in [4.69, 9.17) is 16.6 Å². The number of rotatable bonds is 7. The van der Waals surface area contributed by atoms with Gasteiger partial charge in [0.15, 0.2) is 5.96 Å². The van der Waals surface area contributed by atoms with Crippen molar-refractivity contribution in [3.8, 4) is 0 Å². The number of guanidine groups is 1. The molecule has 0 bridgehead atoms. The fraction of sp³-hybridized carbons (Fsp3) is 0.684. The number of aromatic nitrogens is 1. The van der Waals surface area contributed by atoms with E-state index in [9.17, 15) is 0 Å². The Hall–Kier alpha value is -0.600. The summed E-state index contributed by atoms with van der Waals surface area (Å²) in [6.45, 7) is 10.4. The molecule has 1 aliphatic rings. The third-order valence-corrected chi connectivity index (χ3v) is 5.00. The maximum absolute atomic E-state index is 5.82. The van der Waals surface area contributed by atoms with Crippen molar-refractivity contribution in [3.63, 3.8) is 0 Å². The number of pyridine rings is 1. The average molecular weight is 494 g/mol. The summed E-state index contributed by atoms with van der Waals surface area (Å²) in [6.07, 6.45) is 6.70. The lowest BCUT2D eigenvalue weighted by atomic mass is 10.0. The van der Waals surface area contributed by atoms with E-state index in [1.54, 1.807) is 0 Å². The Balaban J connectivity index is 0.00000338. The number of aliphatic imine (C=N–C) groups is 1. The fourth-order valence-electron chi connectivity index (χ4n) is 3.32. The number of hydrogen-bond donors (Lipinski definition) is 2. The first-order valence-electron chi connectivity index (χ1n) is 9.48. The van der Waals surface area contributed by atoms with Crippen LogP contribution in [0.3, 0.4) is 0 Å². The molecule has 5 nitrogen and oxygen atoms in total. The van der Waals surface area contributed by atoms with Crippen molar-refractivity contribution in [2.75, 3.05) is 26.2 Å². The maximum Gasteiger partial charge on any atom is 0.191 e. The molecular formula is C19H33ClIN5. The standard InChI is InChI=1S/C19H32ClN5.HI/c1-4-21-19(22-11-10-17-8-9-18(20)23-14-17)24-13-16(3)25-12-6-5-7-15(25)2;/h8-9,14-16H,4-7,10-13H2,1-3H3,(H2,21,22,24);1H. The molecule has 2 unspecified atom stereocenters. The first kappa shape index (κ1) is 23.4. The molecule has 2 atom stereocenters. The van der Waals surface area contributed by atoms with E-state index in [-0.39, 0.29) is 24.0 Å². The number of halogens is 2. The van der Waals surface area contributed by atoms with Crippen LogP contribution in [0.1, 0.15) is 45.6 Å². The molecule has 1 fully saturated rings. The van der Waals surface area contributed by atoms with Crippen molar-refractivity contribution in [1.82, 2.24) is 20.5 Å². The summed E-state index contributed by atoms with van der Waals surface area (Å²) in [5.74, 6) is 0.890. The van der Waals surface area contributed by atoms with Crippen LogP contribution in [0.5, 0.6) is 0 Å². The van der Waals surface area contributed by atoms with Gasteiger partial charge in [-0.2, -0.15) is 0 Å². The molecule has 148 valence electrons. The van der Waals surface area contributed by atoms with E-state index < -0.39 is 0 Å². The topological polar surface area (TPSA) is 52.6 Å². The van der Waals surface area contributed by atoms with Gasteiger partial charge in [0.1, 0.15) is 5.15 Å². The summed E-state index contributed by atoms with van der Waals surface area (Å²) in [7, 11) is 0. The largest absolute Gasteiger partial charge is 0.357 e. The van der Waals surface area contributed by atoms with Crippen LogP contribution in [-0.2, 0) is 6.42 Å². The molecule has 26 heavy (non-hydrogen) atoms. The highest BCUT2D eigenvalue weighted by Gasteiger charge is 2.22. The molecular weight excluding hydrogens is 461 g/mol. The van der Waals surface area contributed by atoms with Crippen LogP contribution >= 0.6 is 35.6 Å². The van der Waals surface area contributed by atoms with Crippen LogP contribution in [0, 0.1) is 0 Å². The molecule has 0 radical (unpaired) electrons. The van der Waals surface area contributed by atoms with Crippen LogP contribution in [0.4, 0.5) is 0 Å². The van der Waals surface area contributed by atoms with Gasteiger partial charge in [-0.3, -0.25) is 9.89 Å². The second kappa shape index (κ2) is 12.7. The van der Waals surface area contributed by atoms with E-state index in [0.29, 0.717) is 17.2 Å². The fourth-order valence-corrected chi connectivity index (χ4v) is 3.44. The molecule has 1 aromatic rings. The first-order chi connectivity index (χ1) is 12.1. The van der Waals surface area contributed by atoms with Crippen LogP contribution < -0.4 is 10.6 Å². The van der Waals surface area contributed by atoms with Gasteiger partial charge >= 0.3 is 0 Å². The number of likely N-dealkylation sites (tertiary alicyclic amines) is 1. The summed E-state index contributed by atoms with van der Waals surface area (Å²) in [5.41, 5.74) is 1.17. The third-order valence-electron chi connectivity index (χ3n) is 4.77. The average Bonchev–Trinajstić information content (AvgIpc) is 2.61. The van der Waals surface area contributed by atoms with E-state index in [2.05, 4.69) is 41.3 Å². The Labute approximate surface area is 180 Å². The molecule has 1 saturated heterocycles. The lowest BCUT2D eigenvalue weighted by molar-refractivity contribution is 0.118. The van der Waals surface area contributed by atoms with Crippen molar-refractivity contribution in [2.24, 2.45) is 4.99 Å². The molecule has 0 aromatic carbocycles. The predicted octanol–water partition coefficient (Wildman–Crippen LogP) is 3.71. The highest BCUT2D eigenvalue weighted by atomic mass is 127. The highest BCUT2D eigenvalue weighted by Crippen LogP contribution is 2.19. The van der Waals surface area contributed by atoms with E-state index in [1.807, 2.05) is 18.3 Å². The van der Waals surface area contributed by atoms with Gasteiger partial charge in [-0.25, -0.2) is 4.98 Å². The zero-order valence-electron chi connectivity index (χ0n) is 16.2. The number of hydrogen-bond acceptors (Lipinski definition) is 3. The molecule has 0 spiro atoms. The first-order valence-corrected chi connectivity index (χ1v) is 9.86. The number of piperidine rings is 1. The smallest absolute Gasteiger partial charge is 0.191 e. The summed E-state index contributed by atoms with van der Waals surface area (Å²) in [5, 5.41) is 7.28.